The van der Waals surface area contributed by atoms with Crippen LogP contribution in [0, 0.1) is 5.82 Å². The van der Waals surface area contributed by atoms with E-state index in [1.54, 1.807) is 0 Å². The summed E-state index contributed by atoms with van der Waals surface area (Å²) < 4.78 is 53.4. The van der Waals surface area contributed by atoms with Crippen LogP contribution in [-0.4, -0.2) is 28.8 Å². The quantitative estimate of drug-likeness (QED) is 0.748. The fraction of sp³-hybridized carbons (Fsp3) is 0.188. The molecule has 4 nitrogen and oxygen atoms in total. The van der Waals surface area contributed by atoms with Crippen molar-refractivity contribution in [1.29, 1.82) is 0 Å². The maximum Gasteiger partial charge on any atom is 0.423 e. The molecule has 1 amide bonds. The molecular formula is C16H13F4NO3. The fourth-order valence-corrected chi connectivity index (χ4v) is 2.07. The van der Waals surface area contributed by atoms with Gasteiger partial charge in [-0.1, -0.05) is 30.3 Å². The summed E-state index contributed by atoms with van der Waals surface area (Å²) in [5.74, 6) is -2.67. The van der Waals surface area contributed by atoms with Crippen LogP contribution >= 0.6 is 0 Å². The topological polar surface area (TPSA) is 69.6 Å². The summed E-state index contributed by atoms with van der Waals surface area (Å²) in [6, 6.07) is 8.84. The highest BCUT2D eigenvalue weighted by Gasteiger charge is 2.55. The highest BCUT2D eigenvalue weighted by Crippen LogP contribution is 2.38. The van der Waals surface area contributed by atoms with Gasteiger partial charge in [0.05, 0.1) is 12.1 Å². The van der Waals surface area contributed by atoms with Crippen molar-refractivity contribution in [3.63, 3.8) is 0 Å². The van der Waals surface area contributed by atoms with E-state index in [4.69, 9.17) is 5.11 Å². The van der Waals surface area contributed by atoms with Gasteiger partial charge in [0.15, 0.2) is 0 Å². The Hall–Kier alpha value is -2.61. The molecule has 0 aliphatic rings. The average molecular weight is 343 g/mol. The number of halogens is 4. The summed E-state index contributed by atoms with van der Waals surface area (Å²) in [5, 5.41) is 21.0. The summed E-state index contributed by atoms with van der Waals surface area (Å²) in [7, 11) is 0. The van der Waals surface area contributed by atoms with Crippen molar-refractivity contribution in [3.05, 3.63) is 65.5 Å². The third kappa shape index (κ3) is 3.48. The van der Waals surface area contributed by atoms with Crippen LogP contribution in [0.25, 0.3) is 0 Å². The number of alkyl halides is 3. The lowest BCUT2D eigenvalue weighted by Gasteiger charge is -2.31. The Kier molecular flexibility index (Phi) is 4.79. The molecule has 0 saturated heterocycles. The molecule has 1 unspecified atom stereocenters. The summed E-state index contributed by atoms with van der Waals surface area (Å²) in [6.07, 6.45) is -5.06. The number of phenolic OH excluding ortho intramolecular Hbond substituents is 1. The van der Waals surface area contributed by atoms with Gasteiger partial charge in [0, 0.05) is 6.07 Å². The minimum Gasteiger partial charge on any atom is -0.508 e. The van der Waals surface area contributed by atoms with Crippen LogP contribution in [0.2, 0.25) is 0 Å². The van der Waals surface area contributed by atoms with E-state index >= 15 is 0 Å². The zero-order chi connectivity index (χ0) is 18.0. The van der Waals surface area contributed by atoms with E-state index in [1.807, 2.05) is 5.32 Å². The molecular weight excluding hydrogens is 330 g/mol. The standard InChI is InChI=1S/C16H13F4NO3/c17-13-8-11(22)6-7-12(13)14(23)21-9-15(24,16(18,19)20)10-4-2-1-3-5-10/h1-8,22,24H,9H2,(H,21,23). The van der Waals surface area contributed by atoms with Crippen LogP contribution in [0.5, 0.6) is 5.75 Å². The Bertz CT molecular complexity index is 734. The van der Waals surface area contributed by atoms with Crippen molar-refractivity contribution in [2.75, 3.05) is 6.54 Å². The number of phenols is 1. The molecule has 0 spiro atoms. The van der Waals surface area contributed by atoms with Gasteiger partial charge in [0.1, 0.15) is 11.6 Å². The van der Waals surface area contributed by atoms with Crippen LogP contribution in [0.4, 0.5) is 17.6 Å². The molecule has 24 heavy (non-hydrogen) atoms. The van der Waals surface area contributed by atoms with Crippen LogP contribution in [0.15, 0.2) is 48.5 Å². The molecule has 3 N–H and O–H groups in total. The van der Waals surface area contributed by atoms with Crippen molar-refractivity contribution in [1.82, 2.24) is 5.32 Å². The molecule has 2 aromatic carbocycles. The number of hydrogen-bond acceptors (Lipinski definition) is 3. The molecule has 0 aliphatic heterocycles. The Labute approximate surface area is 134 Å². The summed E-state index contributed by atoms with van der Waals surface area (Å²) in [5.41, 5.74) is -4.33. The van der Waals surface area contributed by atoms with Gasteiger partial charge in [0.25, 0.3) is 5.91 Å². The first-order valence-corrected chi connectivity index (χ1v) is 6.76. The molecule has 2 rings (SSSR count). The van der Waals surface area contributed by atoms with Gasteiger partial charge in [-0.3, -0.25) is 4.79 Å². The maximum atomic E-state index is 13.6. The number of rotatable bonds is 4. The lowest BCUT2D eigenvalue weighted by molar-refractivity contribution is -0.263. The minimum atomic E-state index is -5.06. The minimum absolute atomic E-state index is 0.430. The first-order chi connectivity index (χ1) is 11.1. The lowest BCUT2D eigenvalue weighted by Crippen LogP contribution is -2.51. The van der Waals surface area contributed by atoms with Crippen molar-refractivity contribution in [2.24, 2.45) is 0 Å². The first-order valence-electron chi connectivity index (χ1n) is 6.76. The fourth-order valence-electron chi connectivity index (χ4n) is 2.07. The first kappa shape index (κ1) is 17.7. The molecule has 0 fully saturated rings. The highest BCUT2D eigenvalue weighted by atomic mass is 19.4. The summed E-state index contributed by atoms with van der Waals surface area (Å²) >= 11 is 0. The molecule has 0 radical (unpaired) electrons. The zero-order valence-corrected chi connectivity index (χ0v) is 12.1. The van der Waals surface area contributed by atoms with E-state index in [1.165, 1.54) is 18.2 Å². The monoisotopic (exact) mass is 343 g/mol. The van der Waals surface area contributed by atoms with Crippen molar-refractivity contribution in [3.8, 4) is 5.75 Å². The van der Waals surface area contributed by atoms with Crippen LogP contribution in [0.1, 0.15) is 15.9 Å². The van der Waals surface area contributed by atoms with Gasteiger partial charge in [-0.2, -0.15) is 13.2 Å². The second kappa shape index (κ2) is 6.48. The Morgan fingerprint density at radius 2 is 1.71 bits per heavy atom. The number of aromatic hydroxyl groups is 1. The predicted octanol–water partition coefficient (Wildman–Crippen LogP) is 2.71. The Balaban J connectivity index is 2.24. The van der Waals surface area contributed by atoms with Gasteiger partial charge < -0.3 is 15.5 Å². The average Bonchev–Trinajstić information content (AvgIpc) is 2.52. The van der Waals surface area contributed by atoms with Gasteiger partial charge in [-0.15, -0.1) is 0 Å². The molecule has 8 heteroatoms. The highest BCUT2D eigenvalue weighted by molar-refractivity contribution is 5.94. The van der Waals surface area contributed by atoms with E-state index in [0.29, 0.717) is 6.07 Å². The lowest BCUT2D eigenvalue weighted by atomic mass is 9.93. The van der Waals surface area contributed by atoms with Crippen molar-refractivity contribution < 1.29 is 32.6 Å². The maximum absolute atomic E-state index is 13.6. The van der Waals surface area contributed by atoms with Crippen LogP contribution in [-0.2, 0) is 5.60 Å². The van der Waals surface area contributed by atoms with E-state index in [2.05, 4.69) is 0 Å². The molecule has 0 aliphatic carbocycles. The number of carbonyl (C=O) groups excluding carboxylic acids is 1. The second-order valence-electron chi connectivity index (χ2n) is 5.07. The van der Waals surface area contributed by atoms with Crippen LogP contribution < -0.4 is 5.32 Å². The van der Waals surface area contributed by atoms with Crippen molar-refractivity contribution in [2.45, 2.75) is 11.8 Å². The Morgan fingerprint density at radius 1 is 1.08 bits per heavy atom. The number of aliphatic hydroxyl groups is 1. The number of nitrogens with one attached hydrogen (secondary N) is 1. The van der Waals surface area contributed by atoms with Gasteiger partial charge in [-0.25, -0.2) is 4.39 Å². The molecule has 2 aromatic rings. The largest absolute Gasteiger partial charge is 0.508 e. The molecule has 0 bridgehead atoms. The van der Waals surface area contributed by atoms with E-state index in [0.717, 1.165) is 24.3 Å². The van der Waals surface area contributed by atoms with Gasteiger partial charge >= 0.3 is 6.18 Å². The van der Waals surface area contributed by atoms with E-state index < -0.39 is 46.9 Å². The number of benzene rings is 2. The Morgan fingerprint density at radius 3 is 2.25 bits per heavy atom. The van der Waals surface area contributed by atoms with Crippen LogP contribution in [0.3, 0.4) is 0 Å². The number of hydrogen-bond donors (Lipinski definition) is 3. The van der Waals surface area contributed by atoms with Gasteiger partial charge in [0.2, 0.25) is 5.60 Å². The molecule has 0 heterocycles. The molecule has 0 aromatic heterocycles. The van der Waals surface area contributed by atoms with Crippen molar-refractivity contribution >= 4 is 5.91 Å². The molecule has 0 saturated carbocycles. The zero-order valence-electron chi connectivity index (χ0n) is 12.1. The molecule has 128 valence electrons. The smallest absolute Gasteiger partial charge is 0.423 e. The molecule has 1 atom stereocenters. The predicted molar refractivity (Wildman–Crippen MR) is 76.8 cm³/mol. The summed E-state index contributed by atoms with van der Waals surface area (Å²) in [6.45, 7) is -1.19. The number of amides is 1. The normalized spacial score (nSPS) is 14.0. The third-order valence-corrected chi connectivity index (χ3v) is 3.42. The SMILES string of the molecule is O=C(NCC(O)(c1ccccc1)C(F)(F)F)c1ccc(O)cc1F. The summed E-state index contributed by atoms with van der Waals surface area (Å²) in [4.78, 5) is 11.9. The number of carbonyl (C=O) groups is 1. The van der Waals surface area contributed by atoms with E-state index in [9.17, 15) is 27.5 Å². The van der Waals surface area contributed by atoms with Gasteiger partial charge in [-0.05, 0) is 17.7 Å². The van der Waals surface area contributed by atoms with E-state index in [-0.39, 0.29) is 0 Å². The second-order valence-corrected chi connectivity index (χ2v) is 5.07. The third-order valence-electron chi connectivity index (χ3n) is 3.42.